The Hall–Kier alpha value is -2.89. The highest BCUT2D eigenvalue weighted by atomic mass is 16.6. The minimum atomic E-state index is -1.24. The minimum absolute atomic E-state index is 0.143. The average Bonchev–Trinajstić information content (AvgIpc) is 3.05. The molecule has 132 valence electrons. The summed E-state index contributed by atoms with van der Waals surface area (Å²) in [5, 5.41) is 0. The number of hydrogen-bond donors (Lipinski definition) is 1. The molecular weight excluding hydrogens is 322 g/mol. The van der Waals surface area contributed by atoms with Crippen molar-refractivity contribution in [3.63, 3.8) is 0 Å². The molecule has 0 aliphatic carbocycles. The van der Waals surface area contributed by atoms with Crippen molar-refractivity contribution in [3.05, 3.63) is 58.9 Å². The Bertz CT molecular complexity index is 742. The van der Waals surface area contributed by atoms with E-state index in [1.165, 1.54) is 6.07 Å². The van der Waals surface area contributed by atoms with Gasteiger partial charge < -0.3 is 14.5 Å². The van der Waals surface area contributed by atoms with E-state index in [1.807, 2.05) is 19.1 Å². The summed E-state index contributed by atoms with van der Waals surface area (Å²) in [6, 6.07) is 10.2. The maximum absolute atomic E-state index is 12.5. The van der Waals surface area contributed by atoms with E-state index in [9.17, 15) is 14.4 Å². The Morgan fingerprint density at radius 3 is 2.00 bits per heavy atom. The van der Waals surface area contributed by atoms with Crippen LogP contribution in [0.1, 0.15) is 47.1 Å². The number of benzene rings is 1. The molecule has 0 aliphatic rings. The zero-order valence-electron chi connectivity index (χ0n) is 14.5. The third-order valence-corrected chi connectivity index (χ3v) is 3.62. The number of nitrogens with one attached hydrogen (secondary N) is 1. The van der Waals surface area contributed by atoms with Crippen molar-refractivity contribution in [2.24, 2.45) is 0 Å². The van der Waals surface area contributed by atoms with Crippen molar-refractivity contribution in [3.8, 4) is 0 Å². The van der Waals surface area contributed by atoms with E-state index in [0.717, 1.165) is 5.56 Å². The molecule has 2 rings (SSSR count). The van der Waals surface area contributed by atoms with E-state index in [4.69, 9.17) is 9.47 Å². The van der Waals surface area contributed by atoms with E-state index >= 15 is 0 Å². The van der Waals surface area contributed by atoms with Gasteiger partial charge in [0.05, 0.1) is 18.9 Å². The van der Waals surface area contributed by atoms with E-state index < -0.39 is 17.9 Å². The lowest BCUT2D eigenvalue weighted by molar-refractivity contribution is -0.157. The lowest BCUT2D eigenvalue weighted by atomic mass is 10.1. The molecule has 1 heterocycles. The third-order valence-electron chi connectivity index (χ3n) is 3.62. The molecule has 6 heteroatoms. The van der Waals surface area contributed by atoms with Crippen molar-refractivity contribution in [1.29, 1.82) is 0 Å². The van der Waals surface area contributed by atoms with Gasteiger partial charge in [0.1, 0.15) is 0 Å². The first-order chi connectivity index (χ1) is 12.0. The van der Waals surface area contributed by atoms with Crippen LogP contribution in [0.4, 0.5) is 0 Å². The first-order valence-electron chi connectivity index (χ1n) is 8.11. The zero-order valence-corrected chi connectivity index (χ0v) is 14.5. The number of aromatic nitrogens is 1. The first kappa shape index (κ1) is 18.4. The summed E-state index contributed by atoms with van der Waals surface area (Å²) in [6.45, 7) is 5.53. The summed E-state index contributed by atoms with van der Waals surface area (Å²) in [7, 11) is 0. The molecule has 0 fully saturated rings. The number of carbonyl (C=O) groups excluding carboxylic acids is 3. The molecule has 0 bridgehead atoms. The van der Waals surface area contributed by atoms with Gasteiger partial charge in [0, 0.05) is 11.3 Å². The molecule has 2 aromatic rings. The first-order valence-corrected chi connectivity index (χ1v) is 8.11. The van der Waals surface area contributed by atoms with Gasteiger partial charge in [-0.2, -0.15) is 0 Å². The molecule has 1 aromatic carbocycles. The second kappa shape index (κ2) is 8.28. The van der Waals surface area contributed by atoms with Crippen LogP contribution in [0.3, 0.4) is 0 Å². The van der Waals surface area contributed by atoms with Crippen LogP contribution in [0.15, 0.2) is 36.4 Å². The minimum Gasteiger partial charge on any atom is -0.465 e. The predicted molar refractivity (Wildman–Crippen MR) is 91.4 cm³/mol. The summed E-state index contributed by atoms with van der Waals surface area (Å²) in [5.74, 6) is -2.88. The highest BCUT2D eigenvalue weighted by Crippen LogP contribution is 2.21. The van der Waals surface area contributed by atoms with E-state index in [1.54, 1.807) is 32.0 Å². The van der Waals surface area contributed by atoms with Gasteiger partial charge in [-0.25, -0.2) is 0 Å². The highest BCUT2D eigenvalue weighted by Gasteiger charge is 2.33. The SMILES string of the molecule is CCOC(=O)C(C(=O)OCC)c1ccc(C(=O)c2ccc(C)cc2)[nH]1. The Kier molecular flexibility index (Phi) is 6.11. The number of aryl methyl sites for hydroxylation is 1. The average molecular weight is 343 g/mol. The van der Waals surface area contributed by atoms with Gasteiger partial charge in [-0.15, -0.1) is 0 Å². The fourth-order valence-electron chi connectivity index (χ4n) is 2.37. The van der Waals surface area contributed by atoms with Crippen LogP contribution in [-0.2, 0) is 19.1 Å². The van der Waals surface area contributed by atoms with Crippen LogP contribution in [0.2, 0.25) is 0 Å². The Balaban J connectivity index is 2.29. The van der Waals surface area contributed by atoms with E-state index in [2.05, 4.69) is 4.98 Å². The van der Waals surface area contributed by atoms with Gasteiger partial charge in [0.25, 0.3) is 0 Å². The molecule has 0 aliphatic heterocycles. The van der Waals surface area contributed by atoms with Crippen molar-refractivity contribution in [2.45, 2.75) is 26.7 Å². The highest BCUT2D eigenvalue weighted by molar-refractivity contribution is 6.08. The molecule has 0 saturated carbocycles. The fourth-order valence-corrected chi connectivity index (χ4v) is 2.37. The van der Waals surface area contributed by atoms with E-state index in [-0.39, 0.29) is 30.4 Å². The molecule has 0 atom stereocenters. The van der Waals surface area contributed by atoms with Crippen molar-refractivity contribution in [1.82, 2.24) is 4.98 Å². The Morgan fingerprint density at radius 1 is 0.920 bits per heavy atom. The summed E-state index contributed by atoms with van der Waals surface area (Å²) in [6.07, 6.45) is 0. The zero-order chi connectivity index (χ0) is 18.4. The summed E-state index contributed by atoms with van der Waals surface area (Å²) >= 11 is 0. The van der Waals surface area contributed by atoms with Gasteiger partial charge in [-0.3, -0.25) is 14.4 Å². The summed E-state index contributed by atoms with van der Waals surface area (Å²) in [4.78, 5) is 39.6. The molecule has 0 radical (unpaired) electrons. The predicted octanol–water partition coefficient (Wildman–Crippen LogP) is 2.76. The van der Waals surface area contributed by atoms with Gasteiger partial charge in [-0.05, 0) is 32.9 Å². The molecule has 6 nitrogen and oxygen atoms in total. The lowest BCUT2D eigenvalue weighted by Crippen LogP contribution is -2.26. The van der Waals surface area contributed by atoms with Crippen LogP contribution in [0.25, 0.3) is 0 Å². The van der Waals surface area contributed by atoms with Crippen LogP contribution >= 0.6 is 0 Å². The summed E-state index contributed by atoms with van der Waals surface area (Å²) in [5.41, 5.74) is 2.13. The molecule has 25 heavy (non-hydrogen) atoms. The number of ether oxygens (including phenoxy) is 2. The van der Waals surface area contributed by atoms with Crippen LogP contribution in [0, 0.1) is 6.92 Å². The second-order valence-corrected chi connectivity index (χ2v) is 5.46. The number of carbonyl (C=O) groups is 3. The van der Waals surface area contributed by atoms with Crippen molar-refractivity contribution < 1.29 is 23.9 Å². The lowest BCUT2D eigenvalue weighted by Gasteiger charge is -2.13. The second-order valence-electron chi connectivity index (χ2n) is 5.46. The standard InChI is InChI=1S/C19H21NO5/c1-4-24-18(22)16(19(23)25-5-2)14-10-11-15(20-14)17(21)13-8-6-12(3)7-9-13/h6-11,16,20H,4-5H2,1-3H3. The smallest absolute Gasteiger partial charge is 0.326 e. The molecule has 0 saturated heterocycles. The number of rotatable bonds is 7. The fraction of sp³-hybridized carbons (Fsp3) is 0.316. The van der Waals surface area contributed by atoms with Crippen molar-refractivity contribution in [2.75, 3.05) is 13.2 Å². The van der Waals surface area contributed by atoms with Gasteiger partial charge >= 0.3 is 11.9 Å². The Labute approximate surface area is 146 Å². The van der Waals surface area contributed by atoms with Gasteiger partial charge in [0.15, 0.2) is 5.92 Å². The number of aromatic amines is 1. The number of H-pyrrole nitrogens is 1. The number of ketones is 1. The molecular formula is C19H21NO5. The van der Waals surface area contributed by atoms with Gasteiger partial charge in [-0.1, -0.05) is 29.8 Å². The van der Waals surface area contributed by atoms with Crippen LogP contribution in [-0.4, -0.2) is 35.9 Å². The normalized spacial score (nSPS) is 10.6. The van der Waals surface area contributed by atoms with E-state index in [0.29, 0.717) is 5.56 Å². The quantitative estimate of drug-likeness (QED) is 0.475. The monoisotopic (exact) mass is 343 g/mol. The topological polar surface area (TPSA) is 85.5 Å². The Morgan fingerprint density at radius 2 is 1.48 bits per heavy atom. The molecule has 0 spiro atoms. The van der Waals surface area contributed by atoms with Gasteiger partial charge in [0.2, 0.25) is 5.78 Å². The van der Waals surface area contributed by atoms with Crippen molar-refractivity contribution >= 4 is 17.7 Å². The molecule has 1 N–H and O–H groups in total. The number of esters is 2. The summed E-state index contributed by atoms with van der Waals surface area (Å²) < 4.78 is 9.90. The maximum Gasteiger partial charge on any atom is 0.326 e. The maximum atomic E-state index is 12.5. The number of hydrogen-bond acceptors (Lipinski definition) is 5. The molecule has 1 aromatic heterocycles. The third kappa shape index (κ3) is 4.35. The van der Waals surface area contributed by atoms with Crippen LogP contribution < -0.4 is 0 Å². The van der Waals surface area contributed by atoms with Crippen LogP contribution in [0.5, 0.6) is 0 Å². The molecule has 0 unspecified atom stereocenters. The molecule has 0 amide bonds. The largest absolute Gasteiger partial charge is 0.465 e.